The van der Waals surface area contributed by atoms with E-state index in [1.165, 1.54) is 13.1 Å². The molecule has 1 aromatic carbocycles. The van der Waals surface area contributed by atoms with Gasteiger partial charge in [-0.15, -0.1) is 0 Å². The molecule has 1 saturated heterocycles. The van der Waals surface area contributed by atoms with Crippen LogP contribution in [0.4, 0.5) is 11.4 Å². The van der Waals surface area contributed by atoms with E-state index in [0.29, 0.717) is 11.4 Å². The van der Waals surface area contributed by atoms with Gasteiger partial charge in [0.05, 0.1) is 5.69 Å². The molecule has 1 fully saturated rings. The molecule has 2 rings (SSSR count). The third-order valence-corrected chi connectivity index (χ3v) is 5.13. The lowest BCUT2D eigenvalue weighted by Gasteiger charge is -2.40. The highest BCUT2D eigenvalue weighted by Crippen LogP contribution is 2.29. The number of nitrogens with one attached hydrogen (secondary N) is 1. The van der Waals surface area contributed by atoms with Crippen LogP contribution in [0.15, 0.2) is 23.1 Å². The molecule has 3 N–H and O–H groups in total. The number of benzene rings is 1. The van der Waals surface area contributed by atoms with Gasteiger partial charge in [-0.25, -0.2) is 13.1 Å². The van der Waals surface area contributed by atoms with Crippen molar-refractivity contribution in [3.63, 3.8) is 0 Å². The molecule has 1 heterocycles. The van der Waals surface area contributed by atoms with E-state index >= 15 is 0 Å². The Morgan fingerprint density at radius 3 is 2.65 bits per heavy atom. The first-order valence-corrected chi connectivity index (χ1v) is 8.11. The van der Waals surface area contributed by atoms with Gasteiger partial charge in [0.1, 0.15) is 4.90 Å². The monoisotopic (exact) mass is 298 g/mol. The van der Waals surface area contributed by atoms with E-state index in [1.54, 1.807) is 12.1 Å². The summed E-state index contributed by atoms with van der Waals surface area (Å²) in [5.74, 6) is 0. The van der Waals surface area contributed by atoms with Crippen LogP contribution in [-0.2, 0) is 10.0 Å². The van der Waals surface area contributed by atoms with Crippen LogP contribution in [0.3, 0.4) is 0 Å². The summed E-state index contributed by atoms with van der Waals surface area (Å²) in [5, 5.41) is 0. The molecule has 0 spiro atoms. The summed E-state index contributed by atoms with van der Waals surface area (Å²) in [7, 11) is -0.0390. The van der Waals surface area contributed by atoms with Gasteiger partial charge in [0.15, 0.2) is 0 Å². The molecular weight excluding hydrogens is 276 g/mol. The molecule has 6 nitrogen and oxygen atoms in total. The Balaban J connectivity index is 2.47. The highest BCUT2D eigenvalue weighted by atomic mass is 32.2. The van der Waals surface area contributed by atoms with E-state index in [1.807, 2.05) is 0 Å². The van der Waals surface area contributed by atoms with E-state index < -0.39 is 10.0 Å². The zero-order chi connectivity index (χ0) is 14.9. The van der Waals surface area contributed by atoms with Crippen molar-refractivity contribution in [1.29, 1.82) is 0 Å². The summed E-state index contributed by atoms with van der Waals surface area (Å²) in [6.07, 6.45) is 0. The minimum absolute atomic E-state index is 0.247. The van der Waals surface area contributed by atoms with Crippen molar-refractivity contribution in [1.82, 2.24) is 9.62 Å². The van der Waals surface area contributed by atoms with Crippen molar-refractivity contribution in [3.8, 4) is 0 Å². The summed E-state index contributed by atoms with van der Waals surface area (Å²) in [5.41, 5.74) is 6.91. The predicted octanol–water partition coefficient (Wildman–Crippen LogP) is 0.317. The van der Waals surface area contributed by atoms with Crippen molar-refractivity contribution in [2.75, 3.05) is 44.4 Å². The standard InChI is InChI=1S/C13H22N4O2S/c1-10-9-16(3)6-7-17(10)12-5-4-11(14)8-13(12)20(18,19)15-2/h4-5,8,10,15H,6-7,9,14H2,1-3H3. The van der Waals surface area contributed by atoms with E-state index in [0.717, 1.165) is 19.6 Å². The normalized spacial score (nSPS) is 21.1. The minimum Gasteiger partial charge on any atom is -0.399 e. The summed E-state index contributed by atoms with van der Waals surface area (Å²) < 4.78 is 26.7. The smallest absolute Gasteiger partial charge is 0.242 e. The van der Waals surface area contributed by atoms with Crippen molar-refractivity contribution in [2.45, 2.75) is 17.9 Å². The largest absolute Gasteiger partial charge is 0.399 e. The molecule has 1 aliphatic rings. The second-order valence-electron chi connectivity index (χ2n) is 5.24. The van der Waals surface area contributed by atoms with E-state index in [9.17, 15) is 8.42 Å². The van der Waals surface area contributed by atoms with Crippen LogP contribution in [0.2, 0.25) is 0 Å². The number of piperazine rings is 1. The van der Waals surface area contributed by atoms with Gasteiger partial charge in [0.2, 0.25) is 10.0 Å². The fraction of sp³-hybridized carbons (Fsp3) is 0.538. The third kappa shape index (κ3) is 2.89. The zero-order valence-electron chi connectivity index (χ0n) is 12.1. The Hall–Kier alpha value is -1.31. The van der Waals surface area contributed by atoms with Crippen molar-refractivity contribution < 1.29 is 8.42 Å². The molecule has 112 valence electrons. The lowest BCUT2D eigenvalue weighted by atomic mass is 10.1. The third-order valence-electron chi connectivity index (χ3n) is 3.68. The summed E-state index contributed by atoms with van der Waals surface area (Å²) in [6, 6.07) is 5.31. The molecule has 0 aliphatic carbocycles. The molecule has 0 bridgehead atoms. The molecule has 1 atom stereocenters. The van der Waals surface area contributed by atoms with Crippen LogP contribution in [-0.4, -0.2) is 53.1 Å². The maximum atomic E-state index is 12.2. The molecule has 0 aromatic heterocycles. The first kappa shape index (κ1) is 15.1. The Morgan fingerprint density at radius 2 is 2.05 bits per heavy atom. The van der Waals surface area contributed by atoms with E-state index in [4.69, 9.17) is 5.73 Å². The topological polar surface area (TPSA) is 78.7 Å². The van der Waals surface area contributed by atoms with Crippen LogP contribution < -0.4 is 15.4 Å². The molecule has 1 unspecified atom stereocenters. The van der Waals surface area contributed by atoms with Crippen LogP contribution in [0.1, 0.15) is 6.92 Å². The number of hydrogen-bond acceptors (Lipinski definition) is 5. The van der Waals surface area contributed by atoms with Gasteiger partial charge in [-0.3, -0.25) is 0 Å². The second kappa shape index (κ2) is 5.59. The number of anilines is 2. The molecule has 0 amide bonds. The summed E-state index contributed by atoms with van der Waals surface area (Å²) >= 11 is 0. The van der Waals surface area contributed by atoms with E-state index in [2.05, 4.69) is 28.5 Å². The van der Waals surface area contributed by atoms with Crippen molar-refractivity contribution in [2.24, 2.45) is 0 Å². The maximum Gasteiger partial charge on any atom is 0.242 e. The molecule has 0 saturated carbocycles. The quantitative estimate of drug-likeness (QED) is 0.786. The highest BCUT2D eigenvalue weighted by Gasteiger charge is 2.27. The summed E-state index contributed by atoms with van der Waals surface area (Å²) in [6.45, 7) is 4.72. The number of nitrogen functional groups attached to an aromatic ring is 1. The molecule has 0 radical (unpaired) electrons. The SMILES string of the molecule is CNS(=O)(=O)c1cc(N)ccc1N1CCN(C)CC1C. The van der Waals surface area contributed by atoms with Gasteiger partial charge < -0.3 is 15.5 Å². The number of rotatable bonds is 3. The Bertz CT molecular complexity index is 588. The number of nitrogens with zero attached hydrogens (tertiary/aromatic N) is 2. The lowest BCUT2D eigenvalue weighted by molar-refractivity contribution is 0.275. The number of sulfonamides is 1. The Morgan fingerprint density at radius 1 is 1.35 bits per heavy atom. The first-order valence-electron chi connectivity index (χ1n) is 6.63. The van der Waals surface area contributed by atoms with E-state index in [-0.39, 0.29) is 10.9 Å². The van der Waals surface area contributed by atoms with Gasteiger partial charge in [0, 0.05) is 31.4 Å². The maximum absolute atomic E-state index is 12.2. The van der Waals surface area contributed by atoms with Crippen LogP contribution >= 0.6 is 0 Å². The van der Waals surface area contributed by atoms with Crippen LogP contribution in [0.25, 0.3) is 0 Å². The van der Waals surface area contributed by atoms with Gasteiger partial charge in [-0.05, 0) is 39.2 Å². The van der Waals surface area contributed by atoms with Gasteiger partial charge in [-0.2, -0.15) is 0 Å². The number of nitrogens with two attached hydrogens (primary N) is 1. The van der Waals surface area contributed by atoms with Gasteiger partial charge in [-0.1, -0.05) is 0 Å². The minimum atomic E-state index is -3.52. The first-order chi connectivity index (χ1) is 9.35. The molecular formula is C13H22N4O2S. The predicted molar refractivity (Wildman–Crippen MR) is 81.4 cm³/mol. The molecule has 20 heavy (non-hydrogen) atoms. The highest BCUT2D eigenvalue weighted by molar-refractivity contribution is 7.89. The van der Waals surface area contributed by atoms with Crippen LogP contribution in [0, 0.1) is 0 Å². The van der Waals surface area contributed by atoms with Crippen molar-refractivity contribution in [3.05, 3.63) is 18.2 Å². The van der Waals surface area contributed by atoms with Crippen LogP contribution in [0.5, 0.6) is 0 Å². The second-order valence-corrected chi connectivity index (χ2v) is 7.09. The Kier molecular flexibility index (Phi) is 4.22. The van der Waals surface area contributed by atoms with Gasteiger partial charge >= 0.3 is 0 Å². The fourth-order valence-electron chi connectivity index (χ4n) is 2.59. The average molecular weight is 298 g/mol. The van der Waals surface area contributed by atoms with Gasteiger partial charge in [0.25, 0.3) is 0 Å². The summed E-state index contributed by atoms with van der Waals surface area (Å²) in [4.78, 5) is 4.62. The molecule has 7 heteroatoms. The fourth-order valence-corrected chi connectivity index (χ4v) is 3.56. The molecule has 1 aromatic rings. The number of hydrogen-bond donors (Lipinski definition) is 2. The Labute approximate surface area is 120 Å². The molecule has 1 aliphatic heterocycles. The zero-order valence-corrected chi connectivity index (χ0v) is 12.9. The van der Waals surface area contributed by atoms with Crippen molar-refractivity contribution >= 4 is 21.4 Å². The lowest BCUT2D eigenvalue weighted by Crippen LogP contribution is -2.51. The number of likely N-dealkylation sites (N-methyl/N-ethyl adjacent to an activating group) is 1. The average Bonchev–Trinajstić information content (AvgIpc) is 2.39.